The molecule has 1 N–H and O–H groups in total. The van der Waals surface area contributed by atoms with Crippen LogP contribution in [0.2, 0.25) is 0 Å². The third-order valence-corrected chi connectivity index (χ3v) is 5.30. The summed E-state index contributed by atoms with van der Waals surface area (Å²) in [6.07, 6.45) is 0. The molecule has 0 aliphatic carbocycles. The van der Waals surface area contributed by atoms with Gasteiger partial charge in [0.2, 0.25) is 10.0 Å². The Kier molecular flexibility index (Phi) is 5.44. The molecule has 0 saturated carbocycles. The summed E-state index contributed by atoms with van der Waals surface area (Å²) in [7, 11) is -2.01. The van der Waals surface area contributed by atoms with Crippen molar-refractivity contribution in [1.29, 1.82) is 0 Å². The third-order valence-electron chi connectivity index (χ3n) is 3.76. The van der Waals surface area contributed by atoms with Gasteiger partial charge in [-0.2, -0.15) is 0 Å². The molecule has 5 heteroatoms. The van der Waals surface area contributed by atoms with Crippen LogP contribution in [-0.4, -0.2) is 15.5 Å². The molecular weight excluding hydrogens is 310 g/mol. The Morgan fingerprint density at radius 3 is 2.22 bits per heavy atom. The average Bonchev–Trinajstić information content (AvgIpc) is 2.54. The molecule has 0 fully saturated rings. The van der Waals surface area contributed by atoms with Gasteiger partial charge in [-0.15, -0.1) is 0 Å². The molecule has 1 unspecified atom stereocenters. The maximum Gasteiger partial charge on any atom is 0.241 e. The first-order valence-electron chi connectivity index (χ1n) is 7.60. The molecule has 0 saturated heterocycles. The van der Waals surface area contributed by atoms with E-state index in [1.54, 1.807) is 25.3 Å². The van der Waals surface area contributed by atoms with Crippen LogP contribution >= 0.6 is 0 Å². The van der Waals surface area contributed by atoms with Gasteiger partial charge < -0.3 is 4.74 Å². The van der Waals surface area contributed by atoms with Crippen molar-refractivity contribution in [3.05, 3.63) is 59.7 Å². The van der Waals surface area contributed by atoms with Gasteiger partial charge >= 0.3 is 0 Å². The Bertz CT molecular complexity index is 755. The fourth-order valence-corrected chi connectivity index (χ4v) is 3.71. The fraction of sp³-hybridized carbons (Fsp3) is 0.333. The van der Waals surface area contributed by atoms with Crippen LogP contribution in [0.25, 0.3) is 0 Å². The minimum absolute atomic E-state index is 0.173. The van der Waals surface area contributed by atoms with Crippen LogP contribution in [0.15, 0.2) is 53.4 Å². The molecule has 0 aliphatic heterocycles. The molecule has 0 spiro atoms. The molecule has 2 rings (SSSR count). The molecule has 2 aromatic carbocycles. The lowest BCUT2D eigenvalue weighted by molar-refractivity contribution is 0.407. The minimum Gasteiger partial charge on any atom is -0.496 e. The normalized spacial score (nSPS) is 13.1. The van der Waals surface area contributed by atoms with Crippen LogP contribution in [0, 0.1) is 0 Å². The fourth-order valence-electron chi connectivity index (χ4n) is 2.44. The summed E-state index contributed by atoms with van der Waals surface area (Å²) in [5.74, 6) is 0.877. The van der Waals surface area contributed by atoms with Gasteiger partial charge in [-0.1, -0.05) is 44.2 Å². The van der Waals surface area contributed by atoms with Crippen molar-refractivity contribution in [3.63, 3.8) is 0 Å². The Morgan fingerprint density at radius 1 is 1.00 bits per heavy atom. The van der Waals surface area contributed by atoms with Gasteiger partial charge in [0.05, 0.1) is 12.0 Å². The lowest BCUT2D eigenvalue weighted by Gasteiger charge is -2.17. The van der Waals surface area contributed by atoms with Crippen molar-refractivity contribution in [2.45, 2.75) is 37.6 Å². The maximum atomic E-state index is 12.6. The van der Waals surface area contributed by atoms with Gasteiger partial charge in [-0.25, -0.2) is 13.1 Å². The van der Waals surface area contributed by atoms with E-state index >= 15 is 0 Å². The van der Waals surface area contributed by atoms with E-state index in [2.05, 4.69) is 4.72 Å². The zero-order chi connectivity index (χ0) is 17.0. The average molecular weight is 333 g/mol. The van der Waals surface area contributed by atoms with E-state index in [1.165, 1.54) is 0 Å². The molecule has 2 aromatic rings. The van der Waals surface area contributed by atoms with Gasteiger partial charge in [-0.05, 0) is 42.2 Å². The van der Waals surface area contributed by atoms with Crippen molar-refractivity contribution in [3.8, 4) is 5.75 Å². The van der Waals surface area contributed by atoms with Crippen LogP contribution in [0.1, 0.15) is 43.9 Å². The Morgan fingerprint density at radius 2 is 1.65 bits per heavy atom. The Hall–Kier alpha value is -1.85. The summed E-state index contributed by atoms with van der Waals surface area (Å²) in [5, 5.41) is 0. The molecule has 0 heterocycles. The molecule has 0 aliphatic rings. The molecule has 0 radical (unpaired) electrons. The predicted octanol–water partition coefficient (Wildman–Crippen LogP) is 3.86. The van der Waals surface area contributed by atoms with Crippen molar-refractivity contribution < 1.29 is 13.2 Å². The van der Waals surface area contributed by atoms with Crippen molar-refractivity contribution >= 4 is 10.0 Å². The second-order valence-corrected chi connectivity index (χ2v) is 7.53. The van der Waals surface area contributed by atoms with Crippen molar-refractivity contribution in [2.75, 3.05) is 7.11 Å². The van der Waals surface area contributed by atoms with Gasteiger partial charge in [0.1, 0.15) is 5.75 Å². The number of hydrogen-bond donors (Lipinski definition) is 1. The molecule has 0 bridgehead atoms. The summed E-state index contributed by atoms with van der Waals surface area (Å²) in [5.41, 5.74) is 1.80. The van der Waals surface area contributed by atoms with Crippen molar-refractivity contribution in [2.24, 2.45) is 0 Å². The molecule has 4 nitrogen and oxygen atoms in total. The number of hydrogen-bond acceptors (Lipinski definition) is 3. The highest BCUT2D eigenvalue weighted by Crippen LogP contribution is 2.29. The van der Waals surface area contributed by atoms with Crippen LogP contribution in [0.5, 0.6) is 5.75 Å². The molecule has 23 heavy (non-hydrogen) atoms. The molecule has 0 aromatic heterocycles. The second kappa shape index (κ2) is 7.15. The van der Waals surface area contributed by atoms with E-state index in [1.807, 2.05) is 51.1 Å². The largest absolute Gasteiger partial charge is 0.496 e. The smallest absolute Gasteiger partial charge is 0.241 e. The molecular formula is C18H23NO3S. The summed E-state index contributed by atoms with van der Waals surface area (Å²) in [6.45, 7) is 5.85. The number of rotatable bonds is 6. The minimum atomic E-state index is -3.59. The summed E-state index contributed by atoms with van der Waals surface area (Å²) in [6, 6.07) is 14.2. The van der Waals surface area contributed by atoms with Crippen LogP contribution in [0.3, 0.4) is 0 Å². The van der Waals surface area contributed by atoms with Gasteiger partial charge in [-0.3, -0.25) is 0 Å². The molecule has 124 valence electrons. The standard InChI is InChI=1S/C18H23NO3S/c1-13(2)17-12-16(10-11-18(17)22-4)23(20,21)19-14(3)15-8-6-5-7-9-15/h5-14,19H,1-4H3. The van der Waals surface area contributed by atoms with Gasteiger partial charge in [0, 0.05) is 6.04 Å². The summed E-state index contributed by atoms with van der Waals surface area (Å²) >= 11 is 0. The number of benzene rings is 2. The van der Waals surface area contributed by atoms with E-state index < -0.39 is 10.0 Å². The van der Waals surface area contributed by atoms with E-state index in [9.17, 15) is 8.42 Å². The van der Waals surface area contributed by atoms with Crippen LogP contribution in [-0.2, 0) is 10.0 Å². The Labute approximate surface area is 138 Å². The highest BCUT2D eigenvalue weighted by molar-refractivity contribution is 7.89. The highest BCUT2D eigenvalue weighted by atomic mass is 32.2. The zero-order valence-corrected chi connectivity index (χ0v) is 14.7. The SMILES string of the molecule is COc1ccc(S(=O)(=O)NC(C)c2ccccc2)cc1C(C)C. The first-order valence-corrected chi connectivity index (χ1v) is 9.08. The highest BCUT2D eigenvalue weighted by Gasteiger charge is 2.20. The van der Waals surface area contributed by atoms with Gasteiger partial charge in [0.25, 0.3) is 0 Å². The van der Waals surface area contributed by atoms with E-state index in [-0.39, 0.29) is 16.9 Å². The monoisotopic (exact) mass is 333 g/mol. The number of methoxy groups -OCH3 is 1. The molecule has 0 amide bonds. The summed E-state index contributed by atoms with van der Waals surface area (Å²) < 4.78 is 33.3. The van der Waals surface area contributed by atoms with Crippen LogP contribution in [0.4, 0.5) is 0 Å². The number of nitrogens with one attached hydrogen (secondary N) is 1. The van der Waals surface area contributed by atoms with E-state index in [0.717, 1.165) is 11.1 Å². The van der Waals surface area contributed by atoms with E-state index in [0.29, 0.717) is 5.75 Å². The number of sulfonamides is 1. The first-order chi connectivity index (χ1) is 10.8. The third kappa shape index (κ3) is 4.12. The zero-order valence-electron chi connectivity index (χ0n) is 13.9. The molecule has 1 atom stereocenters. The summed E-state index contributed by atoms with van der Waals surface area (Å²) in [4.78, 5) is 0.254. The van der Waals surface area contributed by atoms with Crippen molar-refractivity contribution in [1.82, 2.24) is 4.72 Å². The quantitative estimate of drug-likeness (QED) is 0.873. The second-order valence-electron chi connectivity index (χ2n) is 5.81. The van der Waals surface area contributed by atoms with Crippen LogP contribution < -0.4 is 9.46 Å². The van der Waals surface area contributed by atoms with E-state index in [4.69, 9.17) is 4.74 Å². The maximum absolute atomic E-state index is 12.6. The lowest BCUT2D eigenvalue weighted by atomic mass is 10.0. The Balaban J connectivity index is 2.31. The van der Waals surface area contributed by atoms with Gasteiger partial charge in [0.15, 0.2) is 0 Å². The topological polar surface area (TPSA) is 55.4 Å². The predicted molar refractivity (Wildman–Crippen MR) is 92.3 cm³/mol. The number of ether oxygens (including phenoxy) is 1. The lowest BCUT2D eigenvalue weighted by Crippen LogP contribution is -2.27. The first kappa shape index (κ1) is 17.5.